The Balaban J connectivity index is 1.67. The topological polar surface area (TPSA) is 78.9 Å². The summed E-state index contributed by atoms with van der Waals surface area (Å²) in [4.78, 5) is 12.7. The number of nitrogens with two attached hydrogens (primary N) is 1. The van der Waals surface area contributed by atoms with Crippen LogP contribution in [-0.2, 0) is 6.42 Å². The van der Waals surface area contributed by atoms with E-state index in [9.17, 15) is 4.39 Å². The number of fused-ring (bicyclic) bond motifs is 2. The van der Waals surface area contributed by atoms with Crippen LogP contribution < -0.4 is 10.5 Å². The number of imidazole rings is 1. The minimum absolute atomic E-state index is 0.206. The van der Waals surface area contributed by atoms with Crippen molar-refractivity contribution in [1.82, 2.24) is 19.5 Å². The lowest BCUT2D eigenvalue weighted by atomic mass is 9.92. The minimum atomic E-state index is -0.274. The van der Waals surface area contributed by atoms with Crippen molar-refractivity contribution in [2.45, 2.75) is 19.4 Å². The number of rotatable bonds is 3. The number of ether oxygens (including phenoxy) is 1. The zero-order valence-corrected chi connectivity index (χ0v) is 15.7. The van der Waals surface area contributed by atoms with Gasteiger partial charge in [-0.05, 0) is 30.7 Å². The van der Waals surface area contributed by atoms with Gasteiger partial charge < -0.3 is 15.0 Å². The van der Waals surface area contributed by atoms with E-state index in [1.807, 2.05) is 41.8 Å². The lowest BCUT2D eigenvalue weighted by Gasteiger charge is -2.28. The highest BCUT2D eigenvalue weighted by atomic mass is 19.1. The zero-order chi connectivity index (χ0) is 20.0. The van der Waals surface area contributed by atoms with Crippen LogP contribution in [0.4, 0.5) is 10.2 Å². The lowest BCUT2D eigenvalue weighted by molar-refractivity contribution is 0.348. The lowest BCUT2D eigenvalue weighted by Crippen LogP contribution is -2.19. The Labute approximate surface area is 166 Å². The Kier molecular flexibility index (Phi) is 4.01. The van der Waals surface area contributed by atoms with Crippen molar-refractivity contribution >= 4 is 22.6 Å². The van der Waals surface area contributed by atoms with Crippen LogP contribution in [0.5, 0.6) is 5.75 Å². The van der Waals surface area contributed by atoms with Crippen molar-refractivity contribution in [3.8, 4) is 5.75 Å². The Morgan fingerprint density at radius 3 is 2.76 bits per heavy atom. The Hall–Kier alpha value is -3.74. The van der Waals surface area contributed by atoms with Gasteiger partial charge in [0.2, 0.25) is 0 Å². The van der Waals surface area contributed by atoms with E-state index in [0.717, 1.165) is 22.5 Å². The SMILES string of the molecule is CC(C1=C(c2ccccc2)Cc2cc(F)ccc2O1)n1cnc2c(N)ncnc21. The Bertz CT molecular complexity index is 1250. The van der Waals surface area contributed by atoms with E-state index in [4.69, 9.17) is 10.5 Å². The van der Waals surface area contributed by atoms with Gasteiger partial charge in [0.25, 0.3) is 0 Å². The summed E-state index contributed by atoms with van der Waals surface area (Å²) in [6.07, 6.45) is 3.69. The first-order chi connectivity index (χ1) is 14.1. The molecule has 2 N–H and O–H groups in total. The predicted octanol–water partition coefficient (Wildman–Crippen LogP) is 4.16. The molecule has 0 radical (unpaired) electrons. The minimum Gasteiger partial charge on any atom is -0.459 e. The summed E-state index contributed by atoms with van der Waals surface area (Å²) >= 11 is 0. The van der Waals surface area contributed by atoms with E-state index in [-0.39, 0.29) is 11.9 Å². The van der Waals surface area contributed by atoms with Crippen molar-refractivity contribution in [3.63, 3.8) is 0 Å². The third-order valence-electron chi connectivity index (χ3n) is 5.21. The third-order valence-corrected chi connectivity index (χ3v) is 5.21. The summed E-state index contributed by atoms with van der Waals surface area (Å²) in [6.45, 7) is 2.02. The molecule has 1 aliphatic heterocycles. The molecule has 0 aliphatic carbocycles. The first-order valence-electron chi connectivity index (χ1n) is 9.29. The number of anilines is 1. The van der Waals surface area contributed by atoms with Crippen LogP contribution >= 0.6 is 0 Å². The first-order valence-corrected chi connectivity index (χ1v) is 9.29. The van der Waals surface area contributed by atoms with Gasteiger partial charge >= 0.3 is 0 Å². The fraction of sp³-hybridized carbons (Fsp3) is 0.136. The van der Waals surface area contributed by atoms with E-state index in [2.05, 4.69) is 15.0 Å². The van der Waals surface area contributed by atoms with Crippen LogP contribution in [0.25, 0.3) is 16.7 Å². The number of aromatic nitrogens is 4. The molecule has 7 heteroatoms. The van der Waals surface area contributed by atoms with Gasteiger partial charge in [-0.1, -0.05) is 30.3 Å². The summed E-state index contributed by atoms with van der Waals surface area (Å²) in [5, 5.41) is 0. The molecule has 0 spiro atoms. The maximum absolute atomic E-state index is 13.8. The largest absolute Gasteiger partial charge is 0.459 e. The maximum atomic E-state index is 13.8. The molecule has 3 heterocycles. The second-order valence-corrected chi connectivity index (χ2v) is 7.00. The van der Waals surface area contributed by atoms with Crippen LogP contribution in [0.1, 0.15) is 24.1 Å². The number of hydrogen-bond acceptors (Lipinski definition) is 5. The summed E-state index contributed by atoms with van der Waals surface area (Å²) < 4.78 is 22.0. The number of hydrogen-bond donors (Lipinski definition) is 1. The van der Waals surface area contributed by atoms with E-state index in [1.165, 1.54) is 18.5 Å². The van der Waals surface area contributed by atoms with Gasteiger partial charge in [0.15, 0.2) is 11.5 Å². The molecule has 4 aromatic rings. The molecule has 0 amide bonds. The van der Waals surface area contributed by atoms with E-state index < -0.39 is 0 Å². The number of benzene rings is 2. The monoisotopic (exact) mass is 387 g/mol. The highest BCUT2D eigenvalue weighted by Gasteiger charge is 2.27. The van der Waals surface area contributed by atoms with Crippen LogP contribution in [-0.4, -0.2) is 19.5 Å². The van der Waals surface area contributed by atoms with E-state index in [1.54, 1.807) is 12.4 Å². The Morgan fingerprint density at radius 1 is 1.10 bits per heavy atom. The quantitative estimate of drug-likeness (QED) is 0.571. The standard InChI is InChI=1S/C22H18FN5O/c1-13(28-12-27-19-21(24)25-11-26-22(19)28)20-17(14-5-3-2-4-6-14)10-15-9-16(23)7-8-18(15)29-20/h2-9,11-13H,10H2,1H3,(H2,24,25,26). The molecule has 29 heavy (non-hydrogen) atoms. The Morgan fingerprint density at radius 2 is 1.93 bits per heavy atom. The normalized spacial score (nSPS) is 14.6. The van der Waals surface area contributed by atoms with Crippen molar-refractivity contribution < 1.29 is 9.13 Å². The van der Waals surface area contributed by atoms with Gasteiger partial charge in [0.05, 0.1) is 12.4 Å². The van der Waals surface area contributed by atoms with Gasteiger partial charge in [-0.25, -0.2) is 19.3 Å². The number of nitrogen functional groups attached to an aromatic ring is 1. The van der Waals surface area contributed by atoms with Gasteiger partial charge in [0, 0.05) is 17.6 Å². The molecule has 0 saturated heterocycles. The molecule has 0 bridgehead atoms. The van der Waals surface area contributed by atoms with Gasteiger partial charge in [-0.3, -0.25) is 0 Å². The maximum Gasteiger partial charge on any atom is 0.166 e. The predicted molar refractivity (Wildman–Crippen MR) is 109 cm³/mol. The van der Waals surface area contributed by atoms with Crippen LogP contribution in [0, 0.1) is 5.82 Å². The highest BCUT2D eigenvalue weighted by molar-refractivity contribution is 5.81. The average Bonchev–Trinajstić information content (AvgIpc) is 3.18. The summed E-state index contributed by atoms with van der Waals surface area (Å²) in [5.41, 5.74) is 9.98. The molecule has 0 fully saturated rings. The average molecular weight is 387 g/mol. The van der Waals surface area contributed by atoms with Gasteiger partial charge in [-0.2, -0.15) is 0 Å². The first kappa shape index (κ1) is 17.4. The second-order valence-electron chi connectivity index (χ2n) is 7.00. The molecular weight excluding hydrogens is 369 g/mol. The van der Waals surface area contributed by atoms with Gasteiger partial charge in [-0.15, -0.1) is 0 Å². The van der Waals surface area contributed by atoms with E-state index >= 15 is 0 Å². The smallest absolute Gasteiger partial charge is 0.166 e. The molecule has 6 nitrogen and oxygen atoms in total. The fourth-order valence-electron chi connectivity index (χ4n) is 3.74. The number of halogens is 1. The van der Waals surface area contributed by atoms with Crippen molar-refractivity contribution in [1.29, 1.82) is 0 Å². The second kappa shape index (κ2) is 6.70. The molecular formula is C22H18FN5O. The van der Waals surface area contributed by atoms with Crippen molar-refractivity contribution in [2.24, 2.45) is 0 Å². The van der Waals surface area contributed by atoms with Crippen molar-refractivity contribution in [3.05, 3.63) is 83.9 Å². The summed E-state index contributed by atoms with van der Waals surface area (Å²) in [6, 6.07) is 14.4. The molecule has 0 saturated carbocycles. The van der Waals surface area contributed by atoms with Crippen LogP contribution in [0.15, 0.2) is 66.9 Å². The van der Waals surface area contributed by atoms with Crippen LogP contribution in [0.3, 0.4) is 0 Å². The molecule has 1 aliphatic rings. The fourth-order valence-corrected chi connectivity index (χ4v) is 3.74. The summed E-state index contributed by atoms with van der Waals surface area (Å²) in [5.74, 6) is 1.49. The van der Waals surface area contributed by atoms with E-state index in [0.29, 0.717) is 29.2 Å². The molecule has 2 aromatic heterocycles. The number of allylic oxidation sites excluding steroid dienone is 2. The number of nitrogens with zero attached hydrogens (tertiary/aromatic N) is 4. The summed E-state index contributed by atoms with van der Waals surface area (Å²) in [7, 11) is 0. The van der Waals surface area contributed by atoms with Crippen molar-refractivity contribution in [2.75, 3.05) is 5.73 Å². The molecule has 1 unspecified atom stereocenters. The molecule has 1 atom stereocenters. The zero-order valence-electron chi connectivity index (χ0n) is 15.7. The molecule has 5 rings (SSSR count). The van der Waals surface area contributed by atoms with Crippen LogP contribution in [0.2, 0.25) is 0 Å². The molecule has 144 valence electrons. The highest BCUT2D eigenvalue weighted by Crippen LogP contribution is 2.39. The third kappa shape index (κ3) is 2.91. The molecule has 2 aromatic carbocycles. The van der Waals surface area contributed by atoms with Gasteiger partial charge in [0.1, 0.15) is 29.2 Å².